The minimum Gasteiger partial charge on any atom is -0.382 e. The van der Waals surface area contributed by atoms with Gasteiger partial charge in [0.15, 0.2) is 0 Å². The van der Waals surface area contributed by atoms with Crippen LogP contribution in [0.2, 0.25) is 0 Å². The van der Waals surface area contributed by atoms with Gasteiger partial charge in [-0.2, -0.15) is 0 Å². The van der Waals surface area contributed by atoms with Gasteiger partial charge in [0.2, 0.25) is 5.91 Å². The molecule has 1 unspecified atom stereocenters. The van der Waals surface area contributed by atoms with Gasteiger partial charge >= 0.3 is 0 Å². The lowest BCUT2D eigenvalue weighted by Gasteiger charge is -2.09. The fourth-order valence-corrected chi connectivity index (χ4v) is 4.49. The Labute approximate surface area is 132 Å². The van der Waals surface area contributed by atoms with Gasteiger partial charge in [-0.1, -0.05) is 18.9 Å². The van der Waals surface area contributed by atoms with Crippen LogP contribution in [0.15, 0.2) is 29.6 Å². The summed E-state index contributed by atoms with van der Waals surface area (Å²) >= 11 is 3.12. The standard InChI is InChI=1S/C16H19NO2S2/c18-15(13-6-3-9-20-13)14-8-7-12(21-14)10-17-16(19)11-4-1-2-5-11/h3,6-9,11,15,18H,1-2,4-5,10H2,(H,17,19). The summed E-state index contributed by atoms with van der Waals surface area (Å²) in [6.07, 6.45) is 3.86. The second kappa shape index (κ2) is 6.73. The lowest BCUT2D eigenvalue weighted by Crippen LogP contribution is -2.28. The number of carbonyl (C=O) groups excluding carboxylic acids is 1. The van der Waals surface area contributed by atoms with Gasteiger partial charge in [0.05, 0.1) is 6.54 Å². The molecule has 2 aromatic rings. The van der Waals surface area contributed by atoms with Crippen molar-refractivity contribution in [3.8, 4) is 0 Å². The number of nitrogens with one attached hydrogen (secondary N) is 1. The van der Waals surface area contributed by atoms with E-state index in [-0.39, 0.29) is 11.8 Å². The third kappa shape index (κ3) is 3.54. The van der Waals surface area contributed by atoms with Crippen molar-refractivity contribution in [3.05, 3.63) is 44.3 Å². The molecule has 2 aromatic heterocycles. The van der Waals surface area contributed by atoms with Crippen molar-refractivity contribution in [3.63, 3.8) is 0 Å². The van der Waals surface area contributed by atoms with Gasteiger partial charge in [0.25, 0.3) is 0 Å². The van der Waals surface area contributed by atoms with Crippen molar-refractivity contribution in [1.29, 1.82) is 0 Å². The SMILES string of the molecule is O=C(NCc1ccc(C(O)c2cccs2)s1)C1CCCC1. The van der Waals surface area contributed by atoms with Gasteiger partial charge < -0.3 is 10.4 Å². The molecule has 3 nitrogen and oxygen atoms in total. The number of hydrogen-bond acceptors (Lipinski definition) is 4. The molecule has 0 aliphatic heterocycles. The Morgan fingerprint density at radius 1 is 1.29 bits per heavy atom. The number of amides is 1. The molecular formula is C16H19NO2S2. The Balaban J connectivity index is 1.56. The minimum absolute atomic E-state index is 0.182. The molecule has 1 saturated carbocycles. The van der Waals surface area contributed by atoms with Crippen LogP contribution in [0.25, 0.3) is 0 Å². The van der Waals surface area contributed by atoms with E-state index in [0.29, 0.717) is 6.54 Å². The monoisotopic (exact) mass is 321 g/mol. The molecule has 1 amide bonds. The minimum atomic E-state index is -0.547. The average Bonchev–Trinajstić information content (AvgIpc) is 3.26. The largest absolute Gasteiger partial charge is 0.382 e. The highest BCUT2D eigenvalue weighted by atomic mass is 32.1. The summed E-state index contributed by atoms with van der Waals surface area (Å²) in [5.41, 5.74) is 0. The third-order valence-electron chi connectivity index (χ3n) is 3.93. The van der Waals surface area contributed by atoms with E-state index in [1.807, 2.05) is 29.6 Å². The van der Waals surface area contributed by atoms with Crippen LogP contribution in [-0.4, -0.2) is 11.0 Å². The van der Waals surface area contributed by atoms with Crippen LogP contribution in [0.5, 0.6) is 0 Å². The van der Waals surface area contributed by atoms with E-state index >= 15 is 0 Å². The molecule has 1 aliphatic carbocycles. The molecule has 0 spiro atoms. The smallest absolute Gasteiger partial charge is 0.223 e. The molecule has 21 heavy (non-hydrogen) atoms. The maximum atomic E-state index is 12.0. The number of aliphatic hydroxyl groups is 1. The van der Waals surface area contributed by atoms with Gasteiger partial charge in [-0.3, -0.25) is 4.79 Å². The molecule has 1 aliphatic rings. The van der Waals surface area contributed by atoms with Crippen LogP contribution in [0, 0.1) is 5.92 Å². The summed E-state index contributed by atoms with van der Waals surface area (Å²) in [7, 11) is 0. The van der Waals surface area contributed by atoms with Crippen molar-refractivity contribution in [1.82, 2.24) is 5.32 Å². The van der Waals surface area contributed by atoms with Crippen LogP contribution < -0.4 is 5.32 Å². The normalized spacial score (nSPS) is 17.0. The molecule has 2 heterocycles. The van der Waals surface area contributed by atoms with E-state index in [0.717, 1.165) is 27.5 Å². The maximum absolute atomic E-state index is 12.0. The zero-order valence-corrected chi connectivity index (χ0v) is 13.4. The van der Waals surface area contributed by atoms with Gasteiger partial charge in [0, 0.05) is 20.5 Å². The average molecular weight is 321 g/mol. The van der Waals surface area contributed by atoms with Gasteiger partial charge in [-0.15, -0.1) is 22.7 Å². The number of hydrogen-bond donors (Lipinski definition) is 2. The first kappa shape index (κ1) is 14.8. The first-order valence-corrected chi connectivity index (χ1v) is 9.01. The van der Waals surface area contributed by atoms with E-state index in [4.69, 9.17) is 0 Å². The Morgan fingerprint density at radius 2 is 2.10 bits per heavy atom. The van der Waals surface area contributed by atoms with Crippen LogP contribution in [0.1, 0.15) is 46.4 Å². The van der Waals surface area contributed by atoms with E-state index < -0.39 is 6.10 Å². The fraction of sp³-hybridized carbons (Fsp3) is 0.438. The highest BCUT2D eigenvalue weighted by Crippen LogP contribution is 2.31. The summed E-state index contributed by atoms with van der Waals surface area (Å²) < 4.78 is 0. The topological polar surface area (TPSA) is 49.3 Å². The third-order valence-corrected chi connectivity index (χ3v) is 5.99. The second-order valence-electron chi connectivity index (χ2n) is 5.42. The Bertz CT molecular complexity index is 585. The molecule has 0 aromatic carbocycles. The fourth-order valence-electron chi connectivity index (χ4n) is 2.73. The Morgan fingerprint density at radius 3 is 2.81 bits per heavy atom. The quantitative estimate of drug-likeness (QED) is 0.882. The molecule has 1 atom stereocenters. The second-order valence-corrected chi connectivity index (χ2v) is 7.60. The summed E-state index contributed by atoms with van der Waals surface area (Å²) in [5, 5.41) is 15.3. The summed E-state index contributed by atoms with van der Waals surface area (Å²) in [5.74, 6) is 0.391. The Hall–Kier alpha value is -1.17. The van der Waals surface area contributed by atoms with Crippen molar-refractivity contribution in [2.45, 2.75) is 38.3 Å². The zero-order valence-electron chi connectivity index (χ0n) is 11.7. The van der Waals surface area contributed by atoms with E-state index in [2.05, 4.69) is 5.32 Å². The number of thiophene rings is 2. The van der Waals surface area contributed by atoms with Crippen molar-refractivity contribution in [2.24, 2.45) is 5.92 Å². The summed E-state index contributed by atoms with van der Waals surface area (Å²) in [6.45, 7) is 0.567. The van der Waals surface area contributed by atoms with Gasteiger partial charge in [0.1, 0.15) is 6.10 Å². The van der Waals surface area contributed by atoms with Gasteiger partial charge in [-0.05, 0) is 36.4 Å². The molecule has 2 N–H and O–H groups in total. The highest BCUT2D eigenvalue weighted by Gasteiger charge is 2.22. The first-order chi connectivity index (χ1) is 10.2. The number of rotatable bonds is 5. The first-order valence-electron chi connectivity index (χ1n) is 7.32. The lowest BCUT2D eigenvalue weighted by atomic mass is 10.1. The molecular weight excluding hydrogens is 302 g/mol. The molecule has 112 valence electrons. The summed E-state index contributed by atoms with van der Waals surface area (Å²) in [6, 6.07) is 7.83. The van der Waals surface area contributed by atoms with Crippen LogP contribution in [-0.2, 0) is 11.3 Å². The molecule has 5 heteroatoms. The van der Waals surface area contributed by atoms with Crippen LogP contribution >= 0.6 is 22.7 Å². The van der Waals surface area contributed by atoms with Crippen molar-refractivity contribution < 1.29 is 9.90 Å². The molecule has 0 bridgehead atoms. The van der Waals surface area contributed by atoms with Crippen LogP contribution in [0.3, 0.4) is 0 Å². The lowest BCUT2D eigenvalue weighted by molar-refractivity contribution is -0.124. The van der Waals surface area contributed by atoms with E-state index in [9.17, 15) is 9.90 Å². The summed E-state index contributed by atoms with van der Waals surface area (Å²) in [4.78, 5) is 15.0. The highest BCUT2D eigenvalue weighted by molar-refractivity contribution is 7.12. The molecule has 1 fully saturated rings. The van der Waals surface area contributed by atoms with Crippen molar-refractivity contribution >= 4 is 28.6 Å². The van der Waals surface area contributed by atoms with E-state index in [1.165, 1.54) is 12.8 Å². The molecule has 0 radical (unpaired) electrons. The van der Waals surface area contributed by atoms with Gasteiger partial charge in [-0.25, -0.2) is 0 Å². The Kier molecular flexibility index (Phi) is 4.73. The van der Waals surface area contributed by atoms with Crippen LogP contribution in [0.4, 0.5) is 0 Å². The maximum Gasteiger partial charge on any atom is 0.223 e. The number of aliphatic hydroxyl groups excluding tert-OH is 1. The zero-order chi connectivity index (χ0) is 14.7. The molecule has 3 rings (SSSR count). The predicted molar refractivity (Wildman–Crippen MR) is 86.5 cm³/mol. The van der Waals surface area contributed by atoms with E-state index in [1.54, 1.807) is 22.7 Å². The van der Waals surface area contributed by atoms with Crippen molar-refractivity contribution in [2.75, 3.05) is 0 Å². The molecule has 0 saturated heterocycles. The predicted octanol–water partition coefficient (Wildman–Crippen LogP) is 3.70. The number of carbonyl (C=O) groups is 1.